The first-order valence-electron chi connectivity index (χ1n) is 8.69. The molecule has 0 aliphatic heterocycles. The third-order valence-corrected chi connectivity index (χ3v) is 4.26. The Morgan fingerprint density at radius 3 is 2.59 bits per heavy atom. The van der Waals surface area contributed by atoms with Gasteiger partial charge in [-0.2, -0.15) is 5.26 Å². The molecule has 0 saturated carbocycles. The number of aromatic nitrogens is 1. The topological polar surface area (TPSA) is 86.2 Å². The second-order valence-electron chi connectivity index (χ2n) is 5.93. The summed E-state index contributed by atoms with van der Waals surface area (Å²) in [5, 5.41) is 19.2. The van der Waals surface area contributed by atoms with Crippen molar-refractivity contribution in [2.45, 2.75) is 45.7 Å². The first-order valence-corrected chi connectivity index (χ1v) is 8.69. The summed E-state index contributed by atoms with van der Waals surface area (Å²) in [4.78, 5) is 4.11. The predicted molar refractivity (Wildman–Crippen MR) is 113 cm³/mol. The Balaban J connectivity index is 0.00000364. The molecule has 0 spiro atoms. The van der Waals surface area contributed by atoms with E-state index in [9.17, 15) is 4.39 Å². The van der Waals surface area contributed by atoms with Crippen molar-refractivity contribution in [2.75, 3.05) is 7.05 Å². The number of hydrogen-bond donors (Lipinski definition) is 2. The number of nitrogens with one attached hydrogen (secondary N) is 2. The van der Waals surface area contributed by atoms with E-state index >= 15 is 0 Å². The van der Waals surface area contributed by atoms with Crippen LogP contribution < -0.4 is 10.6 Å². The number of benzene rings is 1. The number of hydrogen-bond acceptors (Lipinski definition) is 4. The van der Waals surface area contributed by atoms with Gasteiger partial charge < -0.3 is 15.2 Å². The molecule has 146 valence electrons. The molecule has 0 radical (unpaired) electrons. The van der Waals surface area contributed by atoms with Gasteiger partial charge >= 0.3 is 0 Å². The molecule has 0 aliphatic carbocycles. The van der Waals surface area contributed by atoms with Crippen molar-refractivity contribution >= 4 is 29.9 Å². The highest BCUT2D eigenvalue weighted by Crippen LogP contribution is 2.22. The number of aliphatic imine (C=N–C) groups is 1. The summed E-state index contributed by atoms with van der Waals surface area (Å²) in [6.07, 6.45) is 2.04. The first kappa shape index (κ1) is 22.9. The fourth-order valence-electron chi connectivity index (χ4n) is 2.66. The minimum Gasteiger partial charge on any atom is -0.359 e. The number of nitrogens with zero attached hydrogens (tertiary/aromatic N) is 3. The molecule has 0 amide bonds. The molecule has 2 N–H and O–H groups in total. The Labute approximate surface area is 176 Å². The van der Waals surface area contributed by atoms with Crippen LogP contribution in [0.4, 0.5) is 4.39 Å². The Bertz CT molecular complexity index is 796. The molecular formula is C19H25FIN5O. The van der Waals surface area contributed by atoms with Crippen molar-refractivity contribution in [1.29, 1.82) is 5.26 Å². The zero-order valence-corrected chi connectivity index (χ0v) is 18.1. The van der Waals surface area contributed by atoms with Crippen molar-refractivity contribution in [1.82, 2.24) is 15.8 Å². The summed E-state index contributed by atoms with van der Waals surface area (Å²) in [6, 6.07) is 8.22. The van der Waals surface area contributed by atoms with E-state index in [0.29, 0.717) is 35.3 Å². The van der Waals surface area contributed by atoms with Crippen LogP contribution in [0.1, 0.15) is 55.2 Å². The van der Waals surface area contributed by atoms with Gasteiger partial charge in [0.05, 0.1) is 23.9 Å². The highest BCUT2D eigenvalue weighted by molar-refractivity contribution is 14.0. The maximum absolute atomic E-state index is 13.8. The van der Waals surface area contributed by atoms with E-state index in [4.69, 9.17) is 9.78 Å². The smallest absolute Gasteiger partial charge is 0.191 e. The maximum Gasteiger partial charge on any atom is 0.191 e. The molecule has 0 unspecified atom stereocenters. The number of guanidine groups is 1. The number of rotatable bonds is 7. The van der Waals surface area contributed by atoms with Gasteiger partial charge in [-0.15, -0.1) is 24.0 Å². The van der Waals surface area contributed by atoms with E-state index < -0.39 is 0 Å². The summed E-state index contributed by atoms with van der Waals surface area (Å²) >= 11 is 0. The highest BCUT2D eigenvalue weighted by Gasteiger charge is 2.13. The Hall–Kier alpha value is -2.15. The van der Waals surface area contributed by atoms with E-state index in [1.165, 1.54) is 18.2 Å². The number of nitriles is 1. The molecule has 27 heavy (non-hydrogen) atoms. The van der Waals surface area contributed by atoms with Gasteiger partial charge in [0.25, 0.3) is 0 Å². The van der Waals surface area contributed by atoms with Gasteiger partial charge in [-0.05, 0) is 31.0 Å². The molecule has 0 atom stereocenters. The largest absolute Gasteiger partial charge is 0.359 e. The van der Waals surface area contributed by atoms with Crippen molar-refractivity contribution in [3.05, 3.63) is 52.7 Å². The molecule has 2 rings (SSSR count). The lowest BCUT2D eigenvalue weighted by Crippen LogP contribution is -2.36. The van der Waals surface area contributed by atoms with Crippen LogP contribution in [0.15, 0.2) is 33.8 Å². The van der Waals surface area contributed by atoms with E-state index in [2.05, 4.69) is 34.6 Å². The molecule has 8 heteroatoms. The highest BCUT2D eigenvalue weighted by atomic mass is 127. The lowest BCUT2D eigenvalue weighted by Gasteiger charge is -2.11. The molecule has 6 nitrogen and oxygen atoms in total. The summed E-state index contributed by atoms with van der Waals surface area (Å²) in [5.74, 6) is 1.26. The van der Waals surface area contributed by atoms with Crippen molar-refractivity contribution in [3.63, 3.8) is 0 Å². The van der Waals surface area contributed by atoms with E-state index in [-0.39, 0.29) is 36.3 Å². The van der Waals surface area contributed by atoms with Crippen LogP contribution in [0.2, 0.25) is 0 Å². The van der Waals surface area contributed by atoms with Crippen molar-refractivity contribution in [2.24, 2.45) is 4.99 Å². The predicted octanol–water partition coefficient (Wildman–Crippen LogP) is 4.07. The van der Waals surface area contributed by atoms with Crippen LogP contribution in [-0.2, 0) is 13.1 Å². The van der Waals surface area contributed by atoms with Crippen LogP contribution in [0.5, 0.6) is 0 Å². The quantitative estimate of drug-likeness (QED) is 0.351. The normalized spacial score (nSPS) is 11.0. The van der Waals surface area contributed by atoms with E-state index in [1.807, 2.05) is 12.1 Å². The Kier molecular flexibility index (Phi) is 9.78. The van der Waals surface area contributed by atoms with Crippen molar-refractivity contribution < 1.29 is 8.91 Å². The minimum atomic E-state index is -0.364. The Morgan fingerprint density at radius 2 is 1.96 bits per heavy atom. The molecule has 1 heterocycles. The SMILES string of the molecule is CCC(CC)c1cc(CNC(=NC)NCc2cc(C#N)ccc2F)on1.I. The fraction of sp³-hybridized carbons (Fsp3) is 0.421. The molecule has 1 aromatic carbocycles. The number of halogens is 2. The van der Waals surface area contributed by atoms with E-state index in [1.54, 1.807) is 7.05 Å². The fourth-order valence-corrected chi connectivity index (χ4v) is 2.66. The van der Waals surface area contributed by atoms with Gasteiger partial charge in [-0.3, -0.25) is 4.99 Å². The molecule has 0 aliphatic rings. The van der Waals surface area contributed by atoms with Crippen molar-refractivity contribution in [3.8, 4) is 6.07 Å². The van der Waals surface area contributed by atoms with Gasteiger partial charge in [0, 0.05) is 31.1 Å². The van der Waals surface area contributed by atoms with Gasteiger partial charge in [0.1, 0.15) is 5.82 Å². The average Bonchev–Trinajstić information content (AvgIpc) is 3.13. The molecule has 0 saturated heterocycles. The standard InChI is InChI=1S/C19H24FN5O.HI/c1-4-14(5-2)18-9-16(26-25-18)12-24-19(22-3)23-11-15-8-13(10-21)6-7-17(15)20;/h6-9,14H,4-5,11-12H2,1-3H3,(H2,22,23,24);1H. The molecule has 0 fully saturated rings. The van der Waals surface area contributed by atoms with E-state index in [0.717, 1.165) is 18.5 Å². The molecule has 2 aromatic rings. The second-order valence-corrected chi connectivity index (χ2v) is 5.93. The monoisotopic (exact) mass is 485 g/mol. The molecule has 1 aromatic heterocycles. The maximum atomic E-state index is 13.8. The lowest BCUT2D eigenvalue weighted by molar-refractivity contribution is 0.368. The van der Waals surface area contributed by atoms with Gasteiger partial charge in [-0.25, -0.2) is 4.39 Å². The molecular weight excluding hydrogens is 460 g/mol. The summed E-state index contributed by atoms with van der Waals surface area (Å²) < 4.78 is 19.2. The summed E-state index contributed by atoms with van der Waals surface area (Å²) in [7, 11) is 1.63. The summed E-state index contributed by atoms with van der Waals surface area (Å²) in [5.41, 5.74) is 1.79. The zero-order valence-electron chi connectivity index (χ0n) is 15.8. The third kappa shape index (κ3) is 6.50. The minimum absolute atomic E-state index is 0. The average molecular weight is 485 g/mol. The zero-order chi connectivity index (χ0) is 18.9. The van der Waals surface area contributed by atoms with Gasteiger partial charge in [0.15, 0.2) is 11.7 Å². The van der Waals surface area contributed by atoms with Crippen LogP contribution in [-0.4, -0.2) is 18.2 Å². The van der Waals surface area contributed by atoms with Crippen LogP contribution in [0, 0.1) is 17.1 Å². The van der Waals surface area contributed by atoms with Gasteiger partial charge in [0.2, 0.25) is 0 Å². The van der Waals surface area contributed by atoms with Crippen LogP contribution in [0.3, 0.4) is 0 Å². The third-order valence-electron chi connectivity index (χ3n) is 4.26. The second kappa shape index (κ2) is 11.5. The first-order chi connectivity index (χ1) is 12.6. The Morgan fingerprint density at radius 1 is 1.26 bits per heavy atom. The van der Waals surface area contributed by atoms with Crippen LogP contribution in [0.25, 0.3) is 0 Å². The summed E-state index contributed by atoms with van der Waals surface area (Å²) in [6.45, 7) is 4.91. The lowest BCUT2D eigenvalue weighted by atomic mass is 9.99. The molecule has 0 bridgehead atoms. The van der Waals surface area contributed by atoms with Gasteiger partial charge in [-0.1, -0.05) is 19.0 Å². The van der Waals surface area contributed by atoms with Crippen LogP contribution >= 0.6 is 24.0 Å².